The molecular formula is C11H21N5. The van der Waals surface area contributed by atoms with Gasteiger partial charge in [0.15, 0.2) is 0 Å². The molecule has 0 aromatic heterocycles. The van der Waals surface area contributed by atoms with Crippen molar-refractivity contribution in [1.82, 2.24) is 5.32 Å². The van der Waals surface area contributed by atoms with Crippen LogP contribution < -0.4 is 5.32 Å². The molecular weight excluding hydrogens is 202 g/mol. The maximum Gasteiger partial charge on any atom is 0.103 e. The third-order valence-electron chi connectivity index (χ3n) is 2.57. The van der Waals surface area contributed by atoms with Gasteiger partial charge in [0.05, 0.1) is 6.07 Å². The topological polar surface area (TPSA) is 84.6 Å². The van der Waals surface area contributed by atoms with Crippen LogP contribution in [0.25, 0.3) is 10.4 Å². The van der Waals surface area contributed by atoms with Crippen molar-refractivity contribution < 1.29 is 0 Å². The molecule has 0 amide bonds. The number of nitriles is 1. The smallest absolute Gasteiger partial charge is 0.103 e. The van der Waals surface area contributed by atoms with Crippen molar-refractivity contribution in [3.63, 3.8) is 0 Å². The van der Waals surface area contributed by atoms with Gasteiger partial charge in [-0.3, -0.25) is 5.32 Å². The van der Waals surface area contributed by atoms with E-state index < -0.39 is 5.54 Å². The Morgan fingerprint density at radius 3 is 2.75 bits per heavy atom. The molecule has 0 fully saturated rings. The monoisotopic (exact) mass is 223 g/mol. The molecule has 0 heterocycles. The zero-order valence-electron chi connectivity index (χ0n) is 10.2. The van der Waals surface area contributed by atoms with Crippen LogP contribution in [0.5, 0.6) is 0 Å². The molecule has 0 aromatic rings. The molecule has 16 heavy (non-hydrogen) atoms. The van der Waals surface area contributed by atoms with Gasteiger partial charge in [-0.1, -0.05) is 37.7 Å². The Morgan fingerprint density at radius 2 is 2.19 bits per heavy atom. The molecule has 0 rings (SSSR count). The fourth-order valence-electron chi connectivity index (χ4n) is 1.52. The lowest BCUT2D eigenvalue weighted by molar-refractivity contribution is 0.403. The molecule has 0 aliphatic carbocycles. The summed E-state index contributed by atoms with van der Waals surface area (Å²) in [4.78, 5) is 2.67. The van der Waals surface area contributed by atoms with Gasteiger partial charge in [-0.2, -0.15) is 5.26 Å². The summed E-state index contributed by atoms with van der Waals surface area (Å²) in [6.45, 7) is 5.02. The highest BCUT2D eigenvalue weighted by Gasteiger charge is 2.21. The fraction of sp³-hybridized carbons (Fsp3) is 0.909. The first-order valence-electron chi connectivity index (χ1n) is 5.85. The summed E-state index contributed by atoms with van der Waals surface area (Å²) >= 11 is 0. The molecule has 5 heteroatoms. The predicted molar refractivity (Wildman–Crippen MR) is 64.8 cm³/mol. The van der Waals surface area contributed by atoms with E-state index in [9.17, 15) is 0 Å². The summed E-state index contributed by atoms with van der Waals surface area (Å²) in [5.41, 5.74) is 7.63. The molecule has 5 nitrogen and oxygen atoms in total. The van der Waals surface area contributed by atoms with E-state index in [1.165, 1.54) is 19.3 Å². The normalized spacial score (nSPS) is 13.6. The molecule has 1 unspecified atom stereocenters. The quantitative estimate of drug-likeness (QED) is 0.282. The van der Waals surface area contributed by atoms with Crippen LogP contribution >= 0.6 is 0 Å². The summed E-state index contributed by atoms with van der Waals surface area (Å²) in [6.07, 6.45) is 5.51. The Labute approximate surface area is 97.5 Å². The highest BCUT2D eigenvalue weighted by molar-refractivity contribution is 5.03. The van der Waals surface area contributed by atoms with Crippen molar-refractivity contribution in [2.45, 2.75) is 51.5 Å². The van der Waals surface area contributed by atoms with E-state index in [1.807, 2.05) is 6.92 Å². The maximum atomic E-state index is 9.08. The van der Waals surface area contributed by atoms with E-state index in [2.05, 4.69) is 28.3 Å². The standard InChI is InChI=1S/C11H21N5/c1-3-4-5-6-7-11(2,10-12)14-8-9-15-16-13/h14H,3-9H2,1-2H3. The number of rotatable bonds is 9. The molecule has 0 aliphatic heterocycles. The van der Waals surface area contributed by atoms with Crippen molar-refractivity contribution in [3.8, 4) is 6.07 Å². The van der Waals surface area contributed by atoms with Gasteiger partial charge < -0.3 is 0 Å². The number of nitrogens with zero attached hydrogens (tertiary/aromatic N) is 4. The minimum atomic E-state index is -0.487. The van der Waals surface area contributed by atoms with Gasteiger partial charge in [-0.05, 0) is 18.9 Å². The summed E-state index contributed by atoms with van der Waals surface area (Å²) in [7, 11) is 0. The largest absolute Gasteiger partial charge is 0.299 e. The SMILES string of the molecule is CCCCCCC(C)(C#N)NCCN=[N+]=[N-]. The molecule has 0 spiro atoms. The van der Waals surface area contributed by atoms with Crippen LogP contribution in [-0.2, 0) is 0 Å². The van der Waals surface area contributed by atoms with E-state index in [0.29, 0.717) is 13.1 Å². The number of unbranched alkanes of at least 4 members (excludes halogenated alkanes) is 3. The lowest BCUT2D eigenvalue weighted by Gasteiger charge is -2.22. The molecule has 0 saturated heterocycles. The first-order valence-corrected chi connectivity index (χ1v) is 5.85. The van der Waals surface area contributed by atoms with Crippen molar-refractivity contribution in [3.05, 3.63) is 10.4 Å². The molecule has 0 bridgehead atoms. The van der Waals surface area contributed by atoms with E-state index in [0.717, 1.165) is 12.8 Å². The Balaban J connectivity index is 3.82. The number of nitrogens with one attached hydrogen (secondary N) is 1. The zero-order valence-corrected chi connectivity index (χ0v) is 10.2. The van der Waals surface area contributed by atoms with Gasteiger partial charge in [-0.15, -0.1) is 0 Å². The highest BCUT2D eigenvalue weighted by atomic mass is 15.1. The maximum absolute atomic E-state index is 9.08. The van der Waals surface area contributed by atoms with Crippen molar-refractivity contribution in [2.24, 2.45) is 5.11 Å². The Morgan fingerprint density at radius 1 is 1.44 bits per heavy atom. The van der Waals surface area contributed by atoms with Crippen LogP contribution in [0.3, 0.4) is 0 Å². The molecule has 0 radical (unpaired) electrons. The van der Waals surface area contributed by atoms with Gasteiger partial charge in [0, 0.05) is 18.0 Å². The van der Waals surface area contributed by atoms with Crippen LogP contribution in [0.2, 0.25) is 0 Å². The molecule has 90 valence electrons. The first kappa shape index (κ1) is 14.8. The van der Waals surface area contributed by atoms with Crippen LogP contribution in [0.15, 0.2) is 5.11 Å². The Bertz CT molecular complexity index is 264. The fourth-order valence-corrected chi connectivity index (χ4v) is 1.52. The van der Waals surface area contributed by atoms with Crippen molar-refractivity contribution >= 4 is 0 Å². The second-order valence-electron chi connectivity index (χ2n) is 4.14. The van der Waals surface area contributed by atoms with Gasteiger partial charge in [0.1, 0.15) is 5.54 Å². The van der Waals surface area contributed by atoms with E-state index >= 15 is 0 Å². The Kier molecular flexibility index (Phi) is 8.32. The number of hydrogen-bond acceptors (Lipinski definition) is 3. The summed E-state index contributed by atoms with van der Waals surface area (Å²) in [5.74, 6) is 0. The minimum Gasteiger partial charge on any atom is -0.299 e. The average Bonchev–Trinajstić information content (AvgIpc) is 2.31. The van der Waals surface area contributed by atoms with Gasteiger partial charge in [-0.25, -0.2) is 0 Å². The molecule has 0 aliphatic rings. The van der Waals surface area contributed by atoms with E-state index in [-0.39, 0.29) is 0 Å². The van der Waals surface area contributed by atoms with Crippen molar-refractivity contribution in [2.75, 3.05) is 13.1 Å². The van der Waals surface area contributed by atoms with Gasteiger partial charge >= 0.3 is 0 Å². The van der Waals surface area contributed by atoms with Gasteiger partial charge in [0.25, 0.3) is 0 Å². The molecule has 0 saturated carbocycles. The van der Waals surface area contributed by atoms with Gasteiger partial charge in [0.2, 0.25) is 0 Å². The third kappa shape index (κ3) is 7.10. The zero-order chi connectivity index (χ0) is 12.3. The summed E-state index contributed by atoms with van der Waals surface area (Å²) in [5, 5.41) is 15.6. The van der Waals surface area contributed by atoms with Crippen LogP contribution in [0.4, 0.5) is 0 Å². The lowest BCUT2D eigenvalue weighted by Crippen LogP contribution is -2.42. The Hall–Kier alpha value is -1.24. The van der Waals surface area contributed by atoms with Crippen LogP contribution in [0, 0.1) is 11.3 Å². The highest BCUT2D eigenvalue weighted by Crippen LogP contribution is 2.14. The summed E-state index contributed by atoms with van der Waals surface area (Å²) in [6, 6.07) is 2.29. The van der Waals surface area contributed by atoms with E-state index in [1.54, 1.807) is 0 Å². The number of hydrogen-bond donors (Lipinski definition) is 1. The number of azide groups is 1. The predicted octanol–water partition coefficient (Wildman–Crippen LogP) is 3.14. The molecule has 1 atom stereocenters. The molecule has 1 N–H and O–H groups in total. The third-order valence-corrected chi connectivity index (χ3v) is 2.57. The molecule has 0 aromatic carbocycles. The second-order valence-corrected chi connectivity index (χ2v) is 4.14. The first-order chi connectivity index (χ1) is 7.68. The van der Waals surface area contributed by atoms with Crippen molar-refractivity contribution in [1.29, 1.82) is 5.26 Å². The average molecular weight is 223 g/mol. The van der Waals surface area contributed by atoms with Crippen LogP contribution in [-0.4, -0.2) is 18.6 Å². The van der Waals surface area contributed by atoms with E-state index in [4.69, 9.17) is 10.8 Å². The second kappa shape index (κ2) is 9.02. The summed E-state index contributed by atoms with van der Waals surface area (Å²) < 4.78 is 0. The lowest BCUT2D eigenvalue weighted by atomic mass is 9.95. The minimum absolute atomic E-state index is 0.392. The van der Waals surface area contributed by atoms with Crippen LogP contribution in [0.1, 0.15) is 46.0 Å².